The number of benzene rings is 12. The van der Waals surface area contributed by atoms with Crippen LogP contribution in [0.3, 0.4) is 0 Å². The lowest BCUT2D eigenvalue weighted by Gasteiger charge is -2.24. The normalized spacial score (nSPS) is 11.3. The molecule has 9 nitrogen and oxygen atoms in total. The van der Waals surface area contributed by atoms with Crippen molar-refractivity contribution in [3.05, 3.63) is 486 Å². The standard InChI is InChI=1S/C29H28N2.C28H28FN.2C27H28N2.C23H24N2/c1-20(2)26-18-24(22-13-15-25(30-5)16-14-22)19-27(21(3)4)29(26)31-17-9-12-28(31)23-10-7-6-8-11-23;1-19(2)25-17-23(21-12-14-24(29)15-13-21)18-26(20(3)4)28(25)30-16-8-11-27(30)22-9-6-5-7-10-22;1-19(2)24-16-23(22-12-8-14-28-18-22)17-25(20(3)4)27(24)29-15-9-13-26(29)21-10-6-5-7-11-21;1-19(2)23-17-22(25-13-8-9-15-28-25)18-24(20(3)4)27(23)29-16-10-14-26(29)21-11-6-5-7-12-21;1-16(2)20-14-19(24-5)15-21(17(3)4)23(20)25-13-9-12-22(25)18-10-7-6-8-11-18/h6-21H,1-4H3;5-20H,1-4H3;2*5-20H,1-4H3;6-17H,1-4H3. The van der Waals surface area contributed by atoms with Crippen molar-refractivity contribution in [1.82, 2.24) is 32.8 Å². The monoisotopic (exact) mass is 1890 g/mol. The zero-order chi connectivity index (χ0) is 102. The van der Waals surface area contributed by atoms with Gasteiger partial charge in [0.05, 0.1) is 70.1 Å². The third kappa shape index (κ3) is 23.5. The smallest absolute Gasteiger partial charge is 0.187 e. The highest BCUT2D eigenvalue weighted by molar-refractivity contribution is 5.79. The van der Waals surface area contributed by atoms with Crippen molar-refractivity contribution in [2.24, 2.45) is 0 Å². The van der Waals surface area contributed by atoms with E-state index in [4.69, 9.17) is 13.1 Å². The number of hydrogen-bond acceptors (Lipinski definition) is 2. The minimum Gasteiger partial charge on any atom is -0.316 e. The van der Waals surface area contributed by atoms with Crippen LogP contribution in [-0.4, -0.2) is 32.8 Å². The maximum Gasteiger partial charge on any atom is 0.187 e. The Labute approximate surface area is 855 Å². The number of rotatable bonds is 24. The van der Waals surface area contributed by atoms with E-state index in [1.54, 1.807) is 0 Å². The Hall–Kier alpha value is -15.8. The predicted octanol–water partition coefficient (Wildman–Crippen LogP) is 38.7. The first-order chi connectivity index (χ1) is 69.6. The average molecular weight is 1890 g/mol. The van der Waals surface area contributed by atoms with Crippen LogP contribution in [0, 0.1) is 19.0 Å². The second-order valence-corrected chi connectivity index (χ2v) is 40.4. The van der Waals surface area contributed by atoms with Crippen molar-refractivity contribution >= 4 is 11.4 Å². The number of pyridine rings is 2. The summed E-state index contributed by atoms with van der Waals surface area (Å²) in [6.45, 7) is 59.7. The van der Waals surface area contributed by atoms with Gasteiger partial charge in [-0.2, -0.15) is 0 Å². The van der Waals surface area contributed by atoms with Crippen molar-refractivity contribution in [2.45, 2.75) is 198 Å². The van der Waals surface area contributed by atoms with Crippen molar-refractivity contribution in [2.75, 3.05) is 0 Å². The van der Waals surface area contributed by atoms with E-state index in [-0.39, 0.29) is 5.82 Å². The molecule has 0 bridgehead atoms. The Morgan fingerprint density at radius 1 is 0.208 bits per heavy atom. The minimum absolute atomic E-state index is 0.205. The molecular formula is C134H136FN9. The van der Waals surface area contributed by atoms with E-state index in [1.165, 1.54) is 175 Å². The van der Waals surface area contributed by atoms with Gasteiger partial charge in [-0.15, -0.1) is 0 Å². The molecule has 19 rings (SSSR count). The van der Waals surface area contributed by atoms with Gasteiger partial charge in [0.2, 0.25) is 0 Å². The van der Waals surface area contributed by atoms with Crippen LogP contribution in [0.25, 0.3) is 139 Å². The fourth-order valence-electron chi connectivity index (χ4n) is 19.4. The SMILES string of the molecule is CC(C)c1cc(-c2ccc(F)cc2)cc(C(C)C)c1-n1cccc1-c1ccccc1.CC(C)c1cc(-c2ccccn2)cc(C(C)C)c1-n1cccc1-c1ccccc1.CC(C)c1cc(-c2cccnc2)cc(C(C)C)c1-n1cccc1-c1ccccc1.[C-]#[N+]c1cc(C(C)C)c(-n2cccc2-c2ccccc2)c(C(C)C)c1.[C-]#[N+]c1ccc(-c2cc(C(C)C)c(-n3cccc3-c3ccccc3)c(C(C)C)c2)cc1. The summed E-state index contributed by atoms with van der Waals surface area (Å²) in [5.74, 6) is 3.56. The van der Waals surface area contributed by atoms with Crippen LogP contribution >= 0.6 is 0 Å². The van der Waals surface area contributed by atoms with Gasteiger partial charge in [-0.25, -0.2) is 14.1 Å². The summed E-state index contributed by atoms with van der Waals surface area (Å²) in [5, 5.41) is 0. The summed E-state index contributed by atoms with van der Waals surface area (Å²) < 4.78 is 25.2. The highest BCUT2D eigenvalue weighted by atomic mass is 19.1. The van der Waals surface area contributed by atoms with E-state index in [1.807, 2.05) is 79.3 Å². The first kappa shape index (κ1) is 103. The van der Waals surface area contributed by atoms with Gasteiger partial charge in [0, 0.05) is 66.4 Å². The highest BCUT2D eigenvalue weighted by Crippen LogP contribution is 2.46. The Bertz CT molecular complexity index is 7210. The molecule has 0 saturated carbocycles. The van der Waals surface area contributed by atoms with Gasteiger partial charge >= 0.3 is 0 Å². The maximum absolute atomic E-state index is 13.5. The van der Waals surface area contributed by atoms with Crippen LogP contribution in [0.15, 0.2) is 401 Å². The molecule has 0 saturated heterocycles. The summed E-state index contributed by atoms with van der Waals surface area (Å²) >= 11 is 0. The van der Waals surface area contributed by atoms with Gasteiger partial charge in [0.1, 0.15) is 5.82 Å². The van der Waals surface area contributed by atoms with Gasteiger partial charge in [-0.1, -0.05) is 351 Å². The molecular weight excluding hydrogens is 1750 g/mol. The van der Waals surface area contributed by atoms with E-state index in [0.717, 1.165) is 28.1 Å². The number of aromatic nitrogens is 7. The molecule has 0 aliphatic heterocycles. The molecule has 7 aromatic heterocycles. The quantitative estimate of drug-likeness (QED) is 0.0566. The topological polar surface area (TPSA) is 59.1 Å². The molecule has 7 heterocycles. The second kappa shape index (κ2) is 47.2. The molecule has 0 amide bonds. The Morgan fingerprint density at radius 3 is 0.681 bits per heavy atom. The van der Waals surface area contributed by atoms with Gasteiger partial charge in [-0.3, -0.25) is 9.97 Å². The van der Waals surface area contributed by atoms with E-state index >= 15 is 0 Å². The zero-order valence-electron chi connectivity index (χ0n) is 87.3. The molecule has 724 valence electrons. The van der Waals surface area contributed by atoms with Crippen molar-refractivity contribution in [3.8, 4) is 129 Å². The van der Waals surface area contributed by atoms with E-state index < -0.39 is 0 Å². The van der Waals surface area contributed by atoms with E-state index in [9.17, 15) is 4.39 Å². The molecule has 0 aliphatic carbocycles. The van der Waals surface area contributed by atoms with Crippen molar-refractivity contribution < 1.29 is 4.39 Å². The summed E-state index contributed by atoms with van der Waals surface area (Å²) in [6, 6.07) is 122. The number of halogens is 1. The summed E-state index contributed by atoms with van der Waals surface area (Å²) in [7, 11) is 0. The summed E-state index contributed by atoms with van der Waals surface area (Å²) in [4.78, 5) is 16.2. The third-order valence-electron chi connectivity index (χ3n) is 26.9. The molecule has 10 heteroatoms. The van der Waals surface area contributed by atoms with Gasteiger partial charge in [0.25, 0.3) is 0 Å². The predicted molar refractivity (Wildman–Crippen MR) is 607 cm³/mol. The lowest BCUT2D eigenvalue weighted by atomic mass is 9.88. The van der Waals surface area contributed by atoms with Crippen LogP contribution in [0.2, 0.25) is 0 Å². The summed E-state index contributed by atoms with van der Waals surface area (Å²) in [6.07, 6.45) is 16.5. The zero-order valence-corrected chi connectivity index (χ0v) is 87.3. The molecule has 0 radical (unpaired) electrons. The Balaban J connectivity index is 0.000000136. The lowest BCUT2D eigenvalue weighted by molar-refractivity contribution is 0.628. The van der Waals surface area contributed by atoms with Crippen LogP contribution in [-0.2, 0) is 0 Å². The van der Waals surface area contributed by atoms with Crippen LogP contribution < -0.4 is 0 Å². The van der Waals surface area contributed by atoms with Gasteiger partial charge in [0.15, 0.2) is 11.4 Å². The minimum atomic E-state index is -0.205. The van der Waals surface area contributed by atoms with Gasteiger partial charge in [-0.05, 0) is 310 Å². The number of hydrogen-bond donors (Lipinski definition) is 0. The second-order valence-electron chi connectivity index (χ2n) is 40.4. The van der Waals surface area contributed by atoms with E-state index in [0.29, 0.717) is 64.9 Å². The van der Waals surface area contributed by atoms with E-state index in [2.05, 4.69) is 491 Å². The van der Waals surface area contributed by atoms with Crippen molar-refractivity contribution in [3.63, 3.8) is 0 Å². The molecule has 12 aromatic carbocycles. The van der Waals surface area contributed by atoms with Crippen LogP contribution in [0.4, 0.5) is 15.8 Å². The Morgan fingerprint density at radius 2 is 0.444 bits per heavy atom. The molecule has 0 unspecified atom stereocenters. The highest BCUT2D eigenvalue weighted by Gasteiger charge is 2.28. The number of nitrogens with zero attached hydrogens (tertiary/aromatic N) is 9. The maximum atomic E-state index is 13.5. The average Bonchev–Trinajstić information content (AvgIpc) is 1.40. The molecule has 19 aromatic rings. The molecule has 144 heavy (non-hydrogen) atoms. The van der Waals surface area contributed by atoms with Gasteiger partial charge < -0.3 is 22.8 Å². The third-order valence-corrected chi connectivity index (χ3v) is 26.9. The first-order valence-electron chi connectivity index (χ1n) is 51.1. The fraction of sp³-hybridized carbons (Fsp3) is 0.224. The molecule has 0 atom stereocenters. The fourth-order valence-corrected chi connectivity index (χ4v) is 19.4. The first-order valence-corrected chi connectivity index (χ1v) is 51.1. The lowest BCUT2D eigenvalue weighted by Crippen LogP contribution is -2.08. The molecule has 0 N–H and O–H groups in total. The largest absolute Gasteiger partial charge is 0.316 e. The molecule has 0 spiro atoms. The summed E-state index contributed by atoms with van der Waals surface area (Å²) in [5.41, 5.74) is 42.2. The molecule has 0 aliphatic rings. The van der Waals surface area contributed by atoms with Crippen LogP contribution in [0.1, 0.15) is 253 Å². The Kier molecular flexibility index (Phi) is 33.7. The van der Waals surface area contributed by atoms with Crippen molar-refractivity contribution in [1.29, 1.82) is 0 Å². The molecule has 0 fully saturated rings. The van der Waals surface area contributed by atoms with Crippen LogP contribution in [0.5, 0.6) is 0 Å².